The van der Waals surface area contributed by atoms with Gasteiger partial charge < -0.3 is 5.73 Å². The van der Waals surface area contributed by atoms with Gasteiger partial charge in [-0.05, 0) is 36.5 Å². The van der Waals surface area contributed by atoms with Crippen LogP contribution in [0.3, 0.4) is 0 Å². The van der Waals surface area contributed by atoms with Gasteiger partial charge in [-0.2, -0.15) is 0 Å². The van der Waals surface area contributed by atoms with E-state index in [1.54, 1.807) is 0 Å². The van der Waals surface area contributed by atoms with Gasteiger partial charge in [-0.15, -0.1) is 12.6 Å². The van der Waals surface area contributed by atoms with Gasteiger partial charge in [0, 0.05) is 10.9 Å². The van der Waals surface area contributed by atoms with Crippen molar-refractivity contribution in [2.45, 2.75) is 36.6 Å². The van der Waals surface area contributed by atoms with Crippen molar-refractivity contribution >= 4 is 12.6 Å². The van der Waals surface area contributed by atoms with Crippen LogP contribution in [0.4, 0.5) is 0 Å². The van der Waals surface area contributed by atoms with Gasteiger partial charge in [0.15, 0.2) is 0 Å². The quantitative estimate of drug-likeness (QED) is 0.716. The van der Waals surface area contributed by atoms with E-state index in [9.17, 15) is 0 Å². The molecule has 0 saturated heterocycles. The van der Waals surface area contributed by atoms with E-state index >= 15 is 0 Å². The topological polar surface area (TPSA) is 26.0 Å². The first-order valence-corrected chi connectivity index (χ1v) is 5.76. The van der Waals surface area contributed by atoms with Crippen molar-refractivity contribution in [2.24, 2.45) is 11.7 Å². The Balaban J connectivity index is 2.13. The maximum atomic E-state index is 6.24. The van der Waals surface area contributed by atoms with Crippen molar-refractivity contribution in [3.8, 4) is 0 Å². The standard InChI is InChI=1S/C12H17NS/c13-12(9-4-1-2-5-9)10-6-3-7-11(14)8-10/h3,6-9,12,14H,1-2,4-5,13H2/t12-/m1/s1. The predicted molar refractivity (Wildman–Crippen MR) is 62.6 cm³/mol. The smallest absolute Gasteiger partial charge is 0.0323 e. The lowest BCUT2D eigenvalue weighted by molar-refractivity contribution is 0.444. The Morgan fingerprint density at radius 1 is 1.29 bits per heavy atom. The lowest BCUT2D eigenvalue weighted by Crippen LogP contribution is -2.18. The maximum Gasteiger partial charge on any atom is 0.0323 e. The minimum atomic E-state index is 0.213. The molecule has 0 spiro atoms. The molecule has 1 fully saturated rings. The molecule has 1 aliphatic rings. The summed E-state index contributed by atoms with van der Waals surface area (Å²) in [5.41, 5.74) is 7.48. The van der Waals surface area contributed by atoms with Crippen LogP contribution in [0.5, 0.6) is 0 Å². The summed E-state index contributed by atoms with van der Waals surface area (Å²) in [5, 5.41) is 0. The summed E-state index contributed by atoms with van der Waals surface area (Å²) in [6.07, 6.45) is 5.27. The Bertz CT molecular complexity index is 305. The summed E-state index contributed by atoms with van der Waals surface area (Å²) < 4.78 is 0. The molecule has 1 nitrogen and oxygen atoms in total. The van der Waals surface area contributed by atoms with Crippen LogP contribution >= 0.6 is 12.6 Å². The fourth-order valence-corrected chi connectivity index (χ4v) is 2.56. The van der Waals surface area contributed by atoms with Gasteiger partial charge in [0.1, 0.15) is 0 Å². The van der Waals surface area contributed by atoms with Gasteiger partial charge in [0.25, 0.3) is 0 Å². The molecule has 0 unspecified atom stereocenters. The molecule has 0 aliphatic heterocycles. The third-order valence-corrected chi connectivity index (χ3v) is 3.44. The summed E-state index contributed by atoms with van der Waals surface area (Å²) >= 11 is 4.34. The molecule has 1 saturated carbocycles. The average Bonchev–Trinajstić information content (AvgIpc) is 2.69. The highest BCUT2D eigenvalue weighted by molar-refractivity contribution is 7.80. The first-order valence-electron chi connectivity index (χ1n) is 5.32. The molecule has 0 aromatic heterocycles. The van der Waals surface area contributed by atoms with Crippen molar-refractivity contribution in [2.75, 3.05) is 0 Å². The summed E-state index contributed by atoms with van der Waals surface area (Å²) in [6, 6.07) is 8.44. The molecule has 0 heterocycles. The van der Waals surface area contributed by atoms with Crippen LogP contribution in [0.2, 0.25) is 0 Å². The highest BCUT2D eigenvalue weighted by atomic mass is 32.1. The second kappa shape index (κ2) is 4.37. The van der Waals surface area contributed by atoms with E-state index in [0.717, 1.165) is 4.90 Å². The number of thiol groups is 1. The Morgan fingerprint density at radius 2 is 2.00 bits per heavy atom. The fourth-order valence-electron chi connectivity index (χ4n) is 2.32. The van der Waals surface area contributed by atoms with Gasteiger partial charge in [0.2, 0.25) is 0 Å². The van der Waals surface area contributed by atoms with E-state index in [2.05, 4.69) is 24.8 Å². The number of benzene rings is 1. The van der Waals surface area contributed by atoms with Crippen molar-refractivity contribution in [1.82, 2.24) is 0 Å². The summed E-state index contributed by atoms with van der Waals surface area (Å²) in [4.78, 5) is 1.01. The second-order valence-corrected chi connectivity index (χ2v) is 4.68. The molecule has 1 atom stereocenters. The third-order valence-electron chi connectivity index (χ3n) is 3.16. The Labute approximate surface area is 91.1 Å². The molecule has 0 bridgehead atoms. The Morgan fingerprint density at radius 3 is 2.64 bits per heavy atom. The molecule has 0 radical (unpaired) electrons. The summed E-state index contributed by atoms with van der Waals surface area (Å²) in [6.45, 7) is 0. The van der Waals surface area contributed by atoms with Crippen LogP contribution in [0.1, 0.15) is 37.3 Å². The molecule has 2 heteroatoms. The number of hydrogen-bond donors (Lipinski definition) is 2. The minimum Gasteiger partial charge on any atom is -0.324 e. The largest absolute Gasteiger partial charge is 0.324 e. The number of rotatable bonds is 2. The fraction of sp³-hybridized carbons (Fsp3) is 0.500. The highest BCUT2D eigenvalue weighted by Gasteiger charge is 2.22. The molecular weight excluding hydrogens is 190 g/mol. The van der Waals surface area contributed by atoms with E-state index in [-0.39, 0.29) is 6.04 Å². The zero-order chi connectivity index (χ0) is 9.97. The van der Waals surface area contributed by atoms with E-state index in [1.165, 1.54) is 31.2 Å². The van der Waals surface area contributed by atoms with Crippen molar-refractivity contribution in [1.29, 1.82) is 0 Å². The van der Waals surface area contributed by atoms with Gasteiger partial charge in [-0.25, -0.2) is 0 Å². The first-order chi connectivity index (χ1) is 6.77. The Hall–Kier alpha value is -0.470. The Kier molecular flexibility index (Phi) is 3.14. The van der Waals surface area contributed by atoms with Gasteiger partial charge >= 0.3 is 0 Å². The number of nitrogens with two attached hydrogens (primary N) is 1. The zero-order valence-corrected chi connectivity index (χ0v) is 9.21. The normalized spacial score (nSPS) is 19.9. The lowest BCUT2D eigenvalue weighted by Gasteiger charge is -2.19. The lowest BCUT2D eigenvalue weighted by atomic mass is 9.93. The van der Waals surface area contributed by atoms with Gasteiger partial charge in [-0.1, -0.05) is 25.0 Å². The second-order valence-electron chi connectivity index (χ2n) is 4.17. The summed E-state index contributed by atoms with van der Waals surface area (Å²) in [5.74, 6) is 0.685. The molecule has 76 valence electrons. The molecule has 1 aromatic rings. The molecule has 1 aliphatic carbocycles. The van der Waals surface area contributed by atoms with Crippen LogP contribution in [-0.4, -0.2) is 0 Å². The number of hydrogen-bond acceptors (Lipinski definition) is 2. The molecule has 14 heavy (non-hydrogen) atoms. The molecular formula is C12H17NS. The average molecular weight is 207 g/mol. The maximum absolute atomic E-state index is 6.24. The predicted octanol–water partition coefficient (Wildman–Crippen LogP) is 3.17. The van der Waals surface area contributed by atoms with E-state index < -0.39 is 0 Å². The van der Waals surface area contributed by atoms with Gasteiger partial charge in [-0.3, -0.25) is 0 Å². The van der Waals surface area contributed by atoms with Gasteiger partial charge in [0.05, 0.1) is 0 Å². The SMILES string of the molecule is N[C@@H](c1cccc(S)c1)C1CCCC1. The summed E-state index contributed by atoms with van der Waals surface area (Å²) in [7, 11) is 0. The minimum absolute atomic E-state index is 0.213. The third kappa shape index (κ3) is 2.12. The van der Waals surface area contributed by atoms with Crippen LogP contribution in [0, 0.1) is 5.92 Å². The molecule has 1 aromatic carbocycles. The van der Waals surface area contributed by atoms with Crippen molar-refractivity contribution in [3.05, 3.63) is 29.8 Å². The van der Waals surface area contributed by atoms with E-state index in [1.807, 2.05) is 12.1 Å². The van der Waals surface area contributed by atoms with Crippen LogP contribution in [-0.2, 0) is 0 Å². The molecule has 2 rings (SSSR count). The zero-order valence-electron chi connectivity index (χ0n) is 8.32. The van der Waals surface area contributed by atoms with E-state index in [4.69, 9.17) is 5.73 Å². The van der Waals surface area contributed by atoms with Crippen LogP contribution in [0.25, 0.3) is 0 Å². The monoisotopic (exact) mass is 207 g/mol. The molecule has 2 N–H and O–H groups in total. The van der Waals surface area contributed by atoms with E-state index in [0.29, 0.717) is 5.92 Å². The van der Waals surface area contributed by atoms with Crippen LogP contribution < -0.4 is 5.73 Å². The highest BCUT2D eigenvalue weighted by Crippen LogP contribution is 2.34. The first kappa shape index (κ1) is 10.1. The van der Waals surface area contributed by atoms with Crippen molar-refractivity contribution in [3.63, 3.8) is 0 Å². The van der Waals surface area contributed by atoms with Crippen molar-refractivity contribution < 1.29 is 0 Å². The van der Waals surface area contributed by atoms with Crippen LogP contribution in [0.15, 0.2) is 29.2 Å². The molecule has 0 amide bonds.